The Morgan fingerprint density at radius 1 is 1.43 bits per heavy atom. The third-order valence-electron chi connectivity index (χ3n) is 2.86. The zero-order valence-corrected chi connectivity index (χ0v) is 13.5. The molecule has 0 spiro atoms. The van der Waals surface area contributed by atoms with Crippen LogP contribution in [0.3, 0.4) is 0 Å². The van der Waals surface area contributed by atoms with Crippen molar-refractivity contribution >= 4 is 23.4 Å². The minimum absolute atomic E-state index is 0.127. The molecule has 2 rings (SSSR count). The molecule has 1 atom stereocenters. The van der Waals surface area contributed by atoms with E-state index in [9.17, 15) is 14.7 Å². The molecular formula is C15H17N3O4S. The summed E-state index contributed by atoms with van der Waals surface area (Å²) in [5.41, 5.74) is 0.792. The fourth-order valence-electron chi connectivity index (χ4n) is 1.77. The second-order valence-electron chi connectivity index (χ2n) is 4.77. The number of benzene rings is 1. The highest BCUT2D eigenvalue weighted by molar-refractivity contribution is 8.00. The van der Waals surface area contributed by atoms with Crippen LogP contribution in [0.1, 0.15) is 12.6 Å². The Morgan fingerprint density at radius 3 is 2.78 bits per heavy atom. The molecule has 1 aromatic carbocycles. The van der Waals surface area contributed by atoms with E-state index < -0.39 is 5.25 Å². The topological polar surface area (TPSA) is 104 Å². The van der Waals surface area contributed by atoms with Gasteiger partial charge in [0.15, 0.2) is 5.16 Å². The summed E-state index contributed by atoms with van der Waals surface area (Å²) in [5.74, 6) is -0.109. The predicted molar refractivity (Wildman–Crippen MR) is 87.6 cm³/mol. The van der Waals surface area contributed by atoms with E-state index in [1.54, 1.807) is 19.1 Å². The van der Waals surface area contributed by atoms with E-state index >= 15 is 0 Å². The van der Waals surface area contributed by atoms with Crippen LogP contribution in [0.4, 0.5) is 5.69 Å². The number of carbonyl (C=O) groups excluding carboxylic acids is 1. The number of amides is 1. The Hall–Kier alpha value is -2.32. The van der Waals surface area contributed by atoms with Crippen LogP contribution in [0, 0.1) is 0 Å². The molecule has 3 N–H and O–H groups in total. The number of hydrogen-bond acceptors (Lipinski definition) is 6. The van der Waals surface area contributed by atoms with E-state index in [1.165, 1.54) is 25.3 Å². The van der Waals surface area contributed by atoms with Crippen LogP contribution in [0.5, 0.6) is 5.75 Å². The lowest BCUT2D eigenvalue weighted by Gasteiger charge is -2.12. The number of anilines is 1. The molecule has 0 aliphatic carbocycles. The van der Waals surface area contributed by atoms with Crippen molar-refractivity contribution in [2.75, 3.05) is 12.4 Å². The molecule has 0 saturated heterocycles. The van der Waals surface area contributed by atoms with Crippen LogP contribution < -0.4 is 10.9 Å². The second kappa shape index (κ2) is 7.80. The number of thioether (sulfide) groups is 1. The molecule has 122 valence electrons. The second-order valence-corrected chi connectivity index (χ2v) is 6.10. The molecule has 1 amide bonds. The normalized spacial score (nSPS) is 11.9. The van der Waals surface area contributed by atoms with Gasteiger partial charge in [0.1, 0.15) is 5.75 Å². The number of phenolic OH excluding ortho intramolecular Hbond substituents is 1. The van der Waals surface area contributed by atoms with Crippen molar-refractivity contribution in [3.05, 3.63) is 46.4 Å². The summed E-state index contributed by atoms with van der Waals surface area (Å²) in [7, 11) is 1.52. The fraction of sp³-hybridized carbons (Fsp3) is 0.267. The number of carbonyl (C=O) groups is 1. The van der Waals surface area contributed by atoms with Gasteiger partial charge in [-0.25, -0.2) is 4.98 Å². The summed E-state index contributed by atoms with van der Waals surface area (Å²) in [6, 6.07) is 7.53. The van der Waals surface area contributed by atoms with Crippen LogP contribution in [0.25, 0.3) is 0 Å². The maximum atomic E-state index is 12.2. The molecule has 0 radical (unpaired) electrons. The smallest absolute Gasteiger partial charge is 0.251 e. The van der Waals surface area contributed by atoms with Gasteiger partial charge in [0, 0.05) is 18.9 Å². The van der Waals surface area contributed by atoms with Gasteiger partial charge in [0.2, 0.25) is 5.91 Å². The number of rotatable bonds is 6. The Balaban J connectivity index is 2.03. The third kappa shape index (κ3) is 5.11. The summed E-state index contributed by atoms with van der Waals surface area (Å²) >= 11 is 1.14. The number of aromatic amines is 1. The molecule has 1 heterocycles. The van der Waals surface area contributed by atoms with Crippen molar-refractivity contribution in [3.63, 3.8) is 0 Å². The molecule has 0 aliphatic rings. The quantitative estimate of drug-likeness (QED) is 0.422. The number of H-pyrrole nitrogens is 1. The lowest BCUT2D eigenvalue weighted by atomic mass is 10.3. The highest BCUT2D eigenvalue weighted by Gasteiger charge is 2.16. The van der Waals surface area contributed by atoms with Crippen LogP contribution in [0.2, 0.25) is 0 Å². The average molecular weight is 335 g/mol. The number of aromatic hydroxyl groups is 1. The third-order valence-corrected chi connectivity index (χ3v) is 3.84. The van der Waals surface area contributed by atoms with E-state index in [0.29, 0.717) is 16.5 Å². The number of aromatic nitrogens is 2. The fourth-order valence-corrected chi connectivity index (χ4v) is 2.60. The van der Waals surface area contributed by atoms with Crippen LogP contribution in [0.15, 0.2) is 40.3 Å². The van der Waals surface area contributed by atoms with Crippen molar-refractivity contribution < 1.29 is 14.6 Å². The van der Waals surface area contributed by atoms with E-state index in [1.807, 2.05) is 0 Å². The van der Waals surface area contributed by atoms with Crippen molar-refractivity contribution in [3.8, 4) is 5.75 Å². The largest absolute Gasteiger partial charge is 0.508 e. The first-order valence-electron chi connectivity index (χ1n) is 6.83. The molecule has 0 saturated carbocycles. The number of phenols is 1. The monoisotopic (exact) mass is 335 g/mol. The highest BCUT2D eigenvalue weighted by atomic mass is 32.2. The van der Waals surface area contributed by atoms with Crippen LogP contribution in [-0.2, 0) is 16.1 Å². The van der Waals surface area contributed by atoms with Crippen molar-refractivity contribution in [1.82, 2.24) is 9.97 Å². The molecule has 0 bridgehead atoms. The summed E-state index contributed by atoms with van der Waals surface area (Å²) in [4.78, 5) is 30.6. The minimum Gasteiger partial charge on any atom is -0.508 e. The highest BCUT2D eigenvalue weighted by Crippen LogP contribution is 2.21. The number of hydrogen-bond donors (Lipinski definition) is 3. The van der Waals surface area contributed by atoms with E-state index in [-0.39, 0.29) is 23.8 Å². The van der Waals surface area contributed by atoms with Gasteiger partial charge < -0.3 is 20.1 Å². The standard InChI is InChI=1S/C15H17N3O4S/c1-9(14(21)16-10-3-5-12(19)6-4-10)23-15-17-11(8-22-2)7-13(20)18-15/h3-7,9,19H,8H2,1-2H3,(H,16,21)(H,17,18,20). The van der Waals surface area contributed by atoms with Gasteiger partial charge in [-0.15, -0.1) is 0 Å². The van der Waals surface area contributed by atoms with E-state index in [4.69, 9.17) is 4.74 Å². The minimum atomic E-state index is -0.468. The molecular weight excluding hydrogens is 318 g/mol. The van der Waals surface area contributed by atoms with Gasteiger partial charge in [-0.05, 0) is 31.2 Å². The molecule has 0 fully saturated rings. The Bertz CT molecular complexity index is 730. The summed E-state index contributed by atoms with van der Waals surface area (Å²) in [6.07, 6.45) is 0. The summed E-state index contributed by atoms with van der Waals surface area (Å²) in [6.45, 7) is 1.94. The van der Waals surface area contributed by atoms with Gasteiger partial charge in [0.05, 0.1) is 17.6 Å². The molecule has 1 aromatic heterocycles. The first kappa shape index (κ1) is 17.0. The average Bonchev–Trinajstić information content (AvgIpc) is 2.49. The van der Waals surface area contributed by atoms with E-state index in [2.05, 4.69) is 15.3 Å². The zero-order chi connectivity index (χ0) is 16.8. The first-order valence-corrected chi connectivity index (χ1v) is 7.71. The number of nitrogens with one attached hydrogen (secondary N) is 2. The van der Waals surface area contributed by atoms with Gasteiger partial charge in [-0.2, -0.15) is 0 Å². The van der Waals surface area contributed by atoms with Crippen LogP contribution >= 0.6 is 11.8 Å². The molecule has 0 aliphatic heterocycles. The molecule has 2 aromatic rings. The molecule has 8 heteroatoms. The Morgan fingerprint density at radius 2 is 2.13 bits per heavy atom. The van der Waals surface area contributed by atoms with Gasteiger partial charge in [-0.3, -0.25) is 9.59 Å². The SMILES string of the molecule is COCc1cc(=O)[nH]c(SC(C)C(=O)Nc2ccc(O)cc2)n1. The first-order chi connectivity index (χ1) is 11.0. The van der Waals surface area contributed by atoms with Crippen LogP contribution in [-0.4, -0.2) is 33.3 Å². The predicted octanol–water partition coefficient (Wildman–Crippen LogP) is 1.74. The Labute approximate surface area is 137 Å². The molecule has 1 unspecified atom stereocenters. The Kier molecular flexibility index (Phi) is 5.78. The van der Waals surface area contributed by atoms with Gasteiger partial charge in [-0.1, -0.05) is 11.8 Å². The lowest BCUT2D eigenvalue weighted by Crippen LogP contribution is -2.23. The van der Waals surface area contributed by atoms with Gasteiger partial charge in [0.25, 0.3) is 5.56 Å². The number of nitrogens with zero attached hydrogens (tertiary/aromatic N) is 1. The van der Waals surface area contributed by atoms with Gasteiger partial charge >= 0.3 is 0 Å². The van der Waals surface area contributed by atoms with Crippen molar-refractivity contribution in [1.29, 1.82) is 0 Å². The molecule has 23 heavy (non-hydrogen) atoms. The summed E-state index contributed by atoms with van der Waals surface area (Å²) < 4.78 is 4.95. The lowest BCUT2D eigenvalue weighted by molar-refractivity contribution is -0.115. The van der Waals surface area contributed by atoms with Crippen molar-refractivity contribution in [2.45, 2.75) is 23.9 Å². The maximum absolute atomic E-state index is 12.2. The maximum Gasteiger partial charge on any atom is 0.251 e. The summed E-state index contributed by atoms with van der Waals surface area (Å²) in [5, 5.41) is 11.8. The number of methoxy groups -OCH3 is 1. The van der Waals surface area contributed by atoms with Crippen molar-refractivity contribution in [2.24, 2.45) is 0 Å². The number of ether oxygens (including phenoxy) is 1. The van der Waals surface area contributed by atoms with E-state index in [0.717, 1.165) is 11.8 Å². The molecule has 7 nitrogen and oxygen atoms in total. The zero-order valence-electron chi connectivity index (χ0n) is 12.7.